The van der Waals surface area contributed by atoms with Crippen LogP contribution in [0.3, 0.4) is 0 Å². The first kappa shape index (κ1) is 17.0. The molecule has 0 spiro atoms. The quantitative estimate of drug-likeness (QED) is 0.682. The summed E-state index contributed by atoms with van der Waals surface area (Å²) in [5.41, 5.74) is 0.548. The lowest BCUT2D eigenvalue weighted by Gasteiger charge is -2.43. The van der Waals surface area contributed by atoms with Crippen molar-refractivity contribution in [3.05, 3.63) is 0 Å². The van der Waals surface area contributed by atoms with Crippen molar-refractivity contribution in [2.24, 2.45) is 11.3 Å². The van der Waals surface area contributed by atoms with Crippen LogP contribution in [0.1, 0.15) is 66.2 Å². The molecule has 0 aromatic heterocycles. The maximum atomic E-state index is 3.64. The van der Waals surface area contributed by atoms with E-state index in [1.165, 1.54) is 64.7 Å². The smallest absolute Gasteiger partial charge is 0.00501 e. The lowest BCUT2D eigenvalue weighted by atomic mass is 9.70. The Morgan fingerprint density at radius 2 is 1.63 bits per heavy atom. The van der Waals surface area contributed by atoms with Crippen molar-refractivity contribution in [1.82, 2.24) is 10.2 Å². The highest BCUT2D eigenvalue weighted by Gasteiger charge is 2.35. The van der Waals surface area contributed by atoms with Crippen LogP contribution >= 0.6 is 0 Å². The second-order valence-corrected chi connectivity index (χ2v) is 6.74. The number of nitrogens with one attached hydrogen (secondary N) is 1. The van der Waals surface area contributed by atoms with Crippen LogP contribution in [-0.4, -0.2) is 37.6 Å². The van der Waals surface area contributed by atoms with Gasteiger partial charge in [0.05, 0.1) is 0 Å². The minimum absolute atomic E-state index is 0.548. The number of rotatable bonds is 9. The molecule has 0 bridgehead atoms. The molecule has 1 aliphatic carbocycles. The summed E-state index contributed by atoms with van der Waals surface area (Å²) in [5, 5.41) is 3.64. The van der Waals surface area contributed by atoms with Crippen molar-refractivity contribution in [3.63, 3.8) is 0 Å². The largest absolute Gasteiger partial charge is 0.316 e. The van der Waals surface area contributed by atoms with Crippen LogP contribution in [-0.2, 0) is 0 Å². The van der Waals surface area contributed by atoms with Crippen molar-refractivity contribution in [3.8, 4) is 0 Å². The molecule has 0 radical (unpaired) electrons. The van der Waals surface area contributed by atoms with Crippen LogP contribution < -0.4 is 5.32 Å². The molecule has 0 saturated heterocycles. The third-order valence-corrected chi connectivity index (χ3v) is 4.72. The van der Waals surface area contributed by atoms with E-state index in [9.17, 15) is 0 Å². The van der Waals surface area contributed by atoms with Gasteiger partial charge in [-0.05, 0) is 56.7 Å². The Labute approximate surface area is 121 Å². The molecule has 0 unspecified atom stereocenters. The first-order valence-corrected chi connectivity index (χ1v) is 8.59. The topological polar surface area (TPSA) is 15.3 Å². The van der Waals surface area contributed by atoms with E-state index in [1.54, 1.807) is 0 Å². The molecule has 1 saturated carbocycles. The van der Waals surface area contributed by atoms with Gasteiger partial charge in [-0.25, -0.2) is 0 Å². The zero-order valence-electron chi connectivity index (χ0n) is 13.8. The molecule has 1 fully saturated rings. The van der Waals surface area contributed by atoms with Gasteiger partial charge in [0.2, 0.25) is 0 Å². The Morgan fingerprint density at radius 1 is 1.05 bits per heavy atom. The third-order valence-electron chi connectivity index (χ3n) is 4.72. The second-order valence-electron chi connectivity index (χ2n) is 6.74. The molecule has 0 aliphatic heterocycles. The van der Waals surface area contributed by atoms with Crippen molar-refractivity contribution >= 4 is 0 Å². The van der Waals surface area contributed by atoms with Gasteiger partial charge >= 0.3 is 0 Å². The zero-order valence-corrected chi connectivity index (χ0v) is 13.8. The molecule has 0 aromatic carbocycles. The van der Waals surface area contributed by atoms with Gasteiger partial charge in [0.15, 0.2) is 0 Å². The second kappa shape index (κ2) is 8.97. The summed E-state index contributed by atoms with van der Waals surface area (Å²) in [6.45, 7) is 15.5. The van der Waals surface area contributed by atoms with Gasteiger partial charge in [-0.1, -0.05) is 40.5 Å². The molecule has 0 amide bonds. The van der Waals surface area contributed by atoms with Crippen LogP contribution in [0.15, 0.2) is 0 Å². The molecule has 19 heavy (non-hydrogen) atoms. The molecule has 1 N–H and O–H groups in total. The molecule has 1 aliphatic rings. The monoisotopic (exact) mass is 268 g/mol. The van der Waals surface area contributed by atoms with Crippen LogP contribution in [0.25, 0.3) is 0 Å². The van der Waals surface area contributed by atoms with E-state index in [-0.39, 0.29) is 0 Å². The first-order valence-electron chi connectivity index (χ1n) is 8.59. The Bertz CT molecular complexity index is 208. The maximum Gasteiger partial charge on any atom is 0.00501 e. The van der Waals surface area contributed by atoms with Crippen molar-refractivity contribution in [2.45, 2.75) is 66.2 Å². The van der Waals surface area contributed by atoms with Gasteiger partial charge < -0.3 is 10.2 Å². The molecule has 114 valence electrons. The van der Waals surface area contributed by atoms with E-state index >= 15 is 0 Å². The Morgan fingerprint density at radius 3 is 2.11 bits per heavy atom. The highest BCUT2D eigenvalue weighted by Crippen LogP contribution is 2.39. The maximum absolute atomic E-state index is 3.64. The van der Waals surface area contributed by atoms with Gasteiger partial charge in [-0.3, -0.25) is 0 Å². The molecule has 2 nitrogen and oxygen atoms in total. The standard InChI is InChI=1S/C17H36N2/c1-5-12-19(13-6-2)15-17(14-18-7-3)10-8-16(4)9-11-17/h16,18H,5-15H2,1-4H3. The highest BCUT2D eigenvalue weighted by atomic mass is 15.1. The van der Waals surface area contributed by atoms with Gasteiger partial charge in [0.1, 0.15) is 0 Å². The van der Waals surface area contributed by atoms with Gasteiger partial charge in [0, 0.05) is 13.1 Å². The molecular formula is C17H36N2. The predicted molar refractivity (Wildman–Crippen MR) is 85.6 cm³/mol. The van der Waals surface area contributed by atoms with Gasteiger partial charge in [0.25, 0.3) is 0 Å². The van der Waals surface area contributed by atoms with Crippen LogP contribution in [0.4, 0.5) is 0 Å². The minimum atomic E-state index is 0.548. The van der Waals surface area contributed by atoms with Crippen LogP contribution in [0.5, 0.6) is 0 Å². The predicted octanol–water partition coefficient (Wildman–Crippen LogP) is 3.91. The molecule has 2 heteroatoms. The average molecular weight is 268 g/mol. The average Bonchev–Trinajstić information content (AvgIpc) is 2.40. The Kier molecular flexibility index (Phi) is 8.01. The third kappa shape index (κ3) is 5.83. The fourth-order valence-corrected chi connectivity index (χ4v) is 3.53. The summed E-state index contributed by atoms with van der Waals surface area (Å²) < 4.78 is 0. The molecule has 1 rings (SSSR count). The van der Waals surface area contributed by atoms with Crippen molar-refractivity contribution in [2.75, 3.05) is 32.7 Å². The van der Waals surface area contributed by atoms with E-state index in [0.717, 1.165) is 12.5 Å². The summed E-state index contributed by atoms with van der Waals surface area (Å²) in [6, 6.07) is 0. The van der Waals surface area contributed by atoms with Crippen molar-refractivity contribution in [1.29, 1.82) is 0 Å². The Hall–Kier alpha value is -0.0800. The minimum Gasteiger partial charge on any atom is -0.316 e. The number of hydrogen-bond acceptors (Lipinski definition) is 2. The Balaban J connectivity index is 2.61. The first-order chi connectivity index (χ1) is 9.15. The normalized spacial score (nSPS) is 27.9. The lowest BCUT2D eigenvalue weighted by molar-refractivity contribution is 0.0866. The van der Waals surface area contributed by atoms with Gasteiger partial charge in [-0.15, -0.1) is 0 Å². The van der Waals surface area contributed by atoms with E-state index in [4.69, 9.17) is 0 Å². The van der Waals surface area contributed by atoms with E-state index in [1.807, 2.05) is 0 Å². The summed E-state index contributed by atoms with van der Waals surface area (Å²) in [7, 11) is 0. The summed E-state index contributed by atoms with van der Waals surface area (Å²) in [4.78, 5) is 2.72. The summed E-state index contributed by atoms with van der Waals surface area (Å²) in [6.07, 6.45) is 8.27. The molecule has 0 atom stereocenters. The van der Waals surface area contributed by atoms with E-state index in [2.05, 4.69) is 37.9 Å². The summed E-state index contributed by atoms with van der Waals surface area (Å²) >= 11 is 0. The molecule has 0 heterocycles. The molecule has 0 aromatic rings. The van der Waals surface area contributed by atoms with Gasteiger partial charge in [-0.2, -0.15) is 0 Å². The zero-order chi connectivity index (χ0) is 14.1. The molecular weight excluding hydrogens is 232 g/mol. The number of hydrogen-bond donors (Lipinski definition) is 1. The van der Waals surface area contributed by atoms with Crippen molar-refractivity contribution < 1.29 is 0 Å². The van der Waals surface area contributed by atoms with E-state index < -0.39 is 0 Å². The van der Waals surface area contributed by atoms with E-state index in [0.29, 0.717) is 5.41 Å². The lowest BCUT2D eigenvalue weighted by Crippen LogP contribution is -2.46. The fourth-order valence-electron chi connectivity index (χ4n) is 3.53. The van der Waals surface area contributed by atoms with Crippen LogP contribution in [0.2, 0.25) is 0 Å². The summed E-state index contributed by atoms with van der Waals surface area (Å²) in [5.74, 6) is 0.945. The highest BCUT2D eigenvalue weighted by molar-refractivity contribution is 4.89. The SMILES string of the molecule is CCCN(CCC)CC1(CNCC)CCC(C)CC1. The van der Waals surface area contributed by atoms with Crippen LogP contribution in [0, 0.1) is 11.3 Å². The fraction of sp³-hybridized carbons (Fsp3) is 1.00. The number of nitrogens with zero attached hydrogens (tertiary/aromatic N) is 1.